The van der Waals surface area contributed by atoms with Gasteiger partial charge in [0.15, 0.2) is 0 Å². The van der Waals surface area contributed by atoms with Gasteiger partial charge in [-0.1, -0.05) is 36.8 Å². The molecule has 0 amide bonds. The molecule has 1 aliphatic heterocycles. The molecule has 1 saturated heterocycles. The third-order valence-corrected chi connectivity index (χ3v) is 6.59. The molecule has 0 bridgehead atoms. The van der Waals surface area contributed by atoms with Gasteiger partial charge in [0, 0.05) is 18.8 Å². The summed E-state index contributed by atoms with van der Waals surface area (Å²) < 4.78 is 5.13. The molecule has 0 N–H and O–H groups in total. The van der Waals surface area contributed by atoms with Crippen molar-refractivity contribution >= 4 is 23.5 Å². The maximum atomic E-state index is 12.4. The Labute approximate surface area is 158 Å². The van der Waals surface area contributed by atoms with E-state index in [0.717, 1.165) is 42.4 Å². The predicted octanol–water partition coefficient (Wildman–Crippen LogP) is 3.55. The highest BCUT2D eigenvalue weighted by atomic mass is 32.2. The SMILES string of the molecule is COC(=O)C12CCCC1CN(c1cncc(SCc3ccccc3)n1)C2. The molecule has 5 nitrogen and oxygen atoms in total. The van der Waals surface area contributed by atoms with Gasteiger partial charge in [-0.05, 0) is 24.3 Å². The first-order chi connectivity index (χ1) is 12.7. The van der Waals surface area contributed by atoms with Gasteiger partial charge in [0.2, 0.25) is 0 Å². The summed E-state index contributed by atoms with van der Waals surface area (Å²) in [6, 6.07) is 10.4. The molecule has 0 spiro atoms. The molecule has 1 aromatic heterocycles. The molecule has 2 aliphatic rings. The van der Waals surface area contributed by atoms with Crippen molar-refractivity contribution in [3.05, 3.63) is 48.3 Å². The van der Waals surface area contributed by atoms with Gasteiger partial charge >= 0.3 is 5.97 Å². The van der Waals surface area contributed by atoms with E-state index in [-0.39, 0.29) is 11.4 Å². The Balaban J connectivity index is 1.48. The predicted molar refractivity (Wildman–Crippen MR) is 102 cm³/mol. The second-order valence-electron chi connectivity index (χ2n) is 7.11. The third-order valence-electron chi connectivity index (χ3n) is 5.62. The number of esters is 1. The zero-order valence-corrected chi connectivity index (χ0v) is 15.7. The second kappa shape index (κ2) is 7.27. The number of carbonyl (C=O) groups excluding carboxylic acids is 1. The molecule has 2 aromatic rings. The minimum absolute atomic E-state index is 0.0648. The fraction of sp³-hybridized carbons (Fsp3) is 0.450. The van der Waals surface area contributed by atoms with Crippen LogP contribution < -0.4 is 4.90 Å². The van der Waals surface area contributed by atoms with E-state index in [1.54, 1.807) is 18.0 Å². The van der Waals surface area contributed by atoms with E-state index in [1.807, 2.05) is 24.4 Å². The summed E-state index contributed by atoms with van der Waals surface area (Å²) in [6.07, 6.45) is 6.72. The number of rotatable bonds is 5. The fourth-order valence-corrected chi connectivity index (χ4v) is 5.09. The minimum atomic E-state index is -0.358. The van der Waals surface area contributed by atoms with Crippen LogP contribution in [-0.2, 0) is 15.3 Å². The highest BCUT2D eigenvalue weighted by molar-refractivity contribution is 7.98. The average Bonchev–Trinajstić information content (AvgIpc) is 3.25. The van der Waals surface area contributed by atoms with Crippen molar-refractivity contribution in [1.29, 1.82) is 0 Å². The van der Waals surface area contributed by atoms with Crippen molar-refractivity contribution in [2.24, 2.45) is 11.3 Å². The van der Waals surface area contributed by atoms with Crippen molar-refractivity contribution in [3.63, 3.8) is 0 Å². The first-order valence-electron chi connectivity index (χ1n) is 9.03. The van der Waals surface area contributed by atoms with Gasteiger partial charge in [-0.2, -0.15) is 0 Å². The first kappa shape index (κ1) is 17.3. The Kier molecular flexibility index (Phi) is 4.85. The standard InChI is InChI=1S/C20H23N3O2S/c1-25-19(24)20-9-5-8-16(20)12-23(14-20)17-10-21-11-18(22-17)26-13-15-6-3-2-4-7-15/h2-4,6-7,10-11,16H,5,8-9,12-14H2,1H3. The molecular formula is C20H23N3O2S. The van der Waals surface area contributed by atoms with Gasteiger partial charge in [-0.3, -0.25) is 9.78 Å². The summed E-state index contributed by atoms with van der Waals surface area (Å²) in [6.45, 7) is 1.54. The summed E-state index contributed by atoms with van der Waals surface area (Å²) in [5.41, 5.74) is 0.911. The molecule has 6 heteroatoms. The van der Waals surface area contributed by atoms with Crippen molar-refractivity contribution in [2.45, 2.75) is 30.0 Å². The van der Waals surface area contributed by atoms with Crippen LogP contribution in [0.4, 0.5) is 5.82 Å². The van der Waals surface area contributed by atoms with Crippen molar-refractivity contribution < 1.29 is 9.53 Å². The number of carbonyl (C=O) groups is 1. The highest BCUT2D eigenvalue weighted by Gasteiger charge is 2.55. The molecule has 2 fully saturated rings. The Bertz CT molecular complexity index is 786. The number of methoxy groups -OCH3 is 1. The molecule has 1 aromatic carbocycles. The molecule has 136 valence electrons. The van der Waals surface area contributed by atoms with E-state index in [0.29, 0.717) is 12.5 Å². The summed E-state index contributed by atoms with van der Waals surface area (Å²) >= 11 is 1.69. The van der Waals surface area contributed by atoms with Crippen LogP contribution >= 0.6 is 11.8 Å². The molecule has 2 heterocycles. The van der Waals surface area contributed by atoms with E-state index < -0.39 is 0 Å². The average molecular weight is 369 g/mol. The van der Waals surface area contributed by atoms with E-state index >= 15 is 0 Å². The number of nitrogens with zero attached hydrogens (tertiary/aromatic N) is 3. The maximum absolute atomic E-state index is 12.4. The van der Waals surface area contributed by atoms with Crippen LogP contribution in [0.25, 0.3) is 0 Å². The van der Waals surface area contributed by atoms with Crippen LogP contribution in [-0.4, -0.2) is 36.1 Å². The lowest BCUT2D eigenvalue weighted by molar-refractivity contribution is -0.152. The quantitative estimate of drug-likeness (QED) is 0.593. The van der Waals surface area contributed by atoms with Gasteiger partial charge in [0.25, 0.3) is 0 Å². The number of benzene rings is 1. The molecule has 0 radical (unpaired) electrons. The van der Waals surface area contributed by atoms with E-state index in [2.05, 4.69) is 22.0 Å². The van der Waals surface area contributed by atoms with Gasteiger partial charge in [0.05, 0.1) is 24.9 Å². The van der Waals surface area contributed by atoms with Crippen LogP contribution in [0.3, 0.4) is 0 Å². The van der Waals surface area contributed by atoms with Gasteiger partial charge in [-0.15, -0.1) is 11.8 Å². The molecule has 2 atom stereocenters. The number of aromatic nitrogens is 2. The molecule has 1 saturated carbocycles. The monoisotopic (exact) mass is 369 g/mol. The fourth-order valence-electron chi connectivity index (χ4n) is 4.29. The maximum Gasteiger partial charge on any atom is 0.313 e. The van der Waals surface area contributed by atoms with Crippen LogP contribution in [0, 0.1) is 11.3 Å². The van der Waals surface area contributed by atoms with Crippen molar-refractivity contribution in [1.82, 2.24) is 9.97 Å². The Morgan fingerprint density at radius 1 is 1.35 bits per heavy atom. The summed E-state index contributed by atoms with van der Waals surface area (Å²) in [4.78, 5) is 23.8. The molecular weight excluding hydrogens is 346 g/mol. The Hall–Kier alpha value is -2.08. The summed E-state index contributed by atoms with van der Waals surface area (Å²) in [5, 5.41) is 0.913. The lowest BCUT2D eigenvalue weighted by Gasteiger charge is -2.25. The summed E-state index contributed by atoms with van der Waals surface area (Å²) in [5.74, 6) is 2.02. The van der Waals surface area contributed by atoms with Crippen molar-refractivity contribution in [2.75, 3.05) is 25.1 Å². The molecule has 1 aliphatic carbocycles. The minimum Gasteiger partial charge on any atom is -0.469 e. The number of anilines is 1. The van der Waals surface area contributed by atoms with Crippen molar-refractivity contribution in [3.8, 4) is 0 Å². The van der Waals surface area contributed by atoms with Gasteiger partial charge in [-0.25, -0.2) is 4.98 Å². The number of hydrogen-bond donors (Lipinski definition) is 0. The lowest BCUT2D eigenvalue weighted by atomic mass is 9.81. The smallest absolute Gasteiger partial charge is 0.313 e. The topological polar surface area (TPSA) is 55.3 Å². The normalized spacial score (nSPS) is 24.5. The zero-order chi connectivity index (χ0) is 18.0. The molecule has 4 rings (SSSR count). The van der Waals surface area contributed by atoms with Gasteiger partial charge in [0.1, 0.15) is 10.8 Å². The molecule has 26 heavy (non-hydrogen) atoms. The highest BCUT2D eigenvalue weighted by Crippen LogP contribution is 2.50. The Morgan fingerprint density at radius 2 is 2.19 bits per heavy atom. The number of ether oxygens (including phenoxy) is 1. The zero-order valence-electron chi connectivity index (χ0n) is 14.9. The first-order valence-corrected chi connectivity index (χ1v) is 10.0. The summed E-state index contributed by atoms with van der Waals surface area (Å²) in [7, 11) is 1.50. The number of thioether (sulfide) groups is 1. The van der Waals surface area contributed by atoms with Crippen LogP contribution in [0.2, 0.25) is 0 Å². The lowest BCUT2D eigenvalue weighted by Crippen LogP contribution is -2.37. The van der Waals surface area contributed by atoms with E-state index in [4.69, 9.17) is 9.72 Å². The van der Waals surface area contributed by atoms with E-state index in [9.17, 15) is 4.79 Å². The van der Waals surface area contributed by atoms with Crippen LogP contribution in [0.1, 0.15) is 24.8 Å². The number of hydrogen-bond acceptors (Lipinski definition) is 6. The van der Waals surface area contributed by atoms with Crippen LogP contribution in [0.5, 0.6) is 0 Å². The molecule has 2 unspecified atom stereocenters. The largest absolute Gasteiger partial charge is 0.469 e. The van der Waals surface area contributed by atoms with E-state index in [1.165, 1.54) is 12.7 Å². The Morgan fingerprint density at radius 3 is 3.00 bits per heavy atom. The van der Waals surface area contributed by atoms with Gasteiger partial charge < -0.3 is 9.64 Å². The third kappa shape index (κ3) is 3.18. The number of fused-ring (bicyclic) bond motifs is 1. The van der Waals surface area contributed by atoms with Crippen LogP contribution in [0.15, 0.2) is 47.8 Å². The second-order valence-corrected chi connectivity index (χ2v) is 8.10.